The summed E-state index contributed by atoms with van der Waals surface area (Å²) in [6, 6.07) is -0.364. The summed E-state index contributed by atoms with van der Waals surface area (Å²) in [5.74, 6) is -5.88. The normalized spacial score (nSPS) is 49.0. The molecule has 304 valence electrons. The van der Waals surface area contributed by atoms with Crippen molar-refractivity contribution in [3.05, 3.63) is 0 Å². The molecule has 15 heteroatoms. The van der Waals surface area contributed by atoms with Crippen molar-refractivity contribution in [1.29, 1.82) is 0 Å². The molecule has 52 heavy (non-hydrogen) atoms. The molecule has 3 rings (SSSR count). The maximum atomic E-state index is 14.1. The third kappa shape index (κ3) is 9.54. The van der Waals surface area contributed by atoms with Crippen LogP contribution in [0.1, 0.15) is 88.0 Å². The van der Waals surface area contributed by atoms with Crippen molar-refractivity contribution < 1.29 is 68.6 Å². The number of rotatable bonds is 8. The first kappa shape index (κ1) is 45.1. The highest BCUT2D eigenvalue weighted by Crippen LogP contribution is 2.40. The van der Waals surface area contributed by atoms with Crippen LogP contribution in [0.15, 0.2) is 0 Å². The third-order valence-electron chi connectivity index (χ3n) is 11.9. The van der Waals surface area contributed by atoms with Gasteiger partial charge in [0, 0.05) is 37.3 Å². The van der Waals surface area contributed by atoms with Gasteiger partial charge in [0.2, 0.25) is 0 Å². The van der Waals surface area contributed by atoms with E-state index < -0.39 is 114 Å². The van der Waals surface area contributed by atoms with E-state index in [1.54, 1.807) is 34.6 Å². The molecule has 0 aliphatic carbocycles. The molecule has 18 atom stereocenters. The van der Waals surface area contributed by atoms with Gasteiger partial charge in [-0.25, -0.2) is 0 Å². The van der Waals surface area contributed by atoms with Crippen LogP contribution in [0.3, 0.4) is 0 Å². The van der Waals surface area contributed by atoms with Gasteiger partial charge in [-0.1, -0.05) is 27.7 Å². The lowest BCUT2D eigenvalue weighted by Crippen LogP contribution is -2.61. The largest absolute Gasteiger partial charge is 0.459 e. The number of Topliss-reactive ketones (excluding diaryl/α,β-unsaturated/α-hetero) is 1. The van der Waals surface area contributed by atoms with Crippen LogP contribution in [0.25, 0.3) is 0 Å². The van der Waals surface area contributed by atoms with Crippen LogP contribution in [0, 0.1) is 23.7 Å². The van der Waals surface area contributed by atoms with Gasteiger partial charge in [0.25, 0.3) is 0 Å². The van der Waals surface area contributed by atoms with E-state index in [0.717, 1.165) is 0 Å². The molecule has 3 aliphatic heterocycles. The fourth-order valence-electron chi connectivity index (χ4n) is 8.46. The molecule has 3 fully saturated rings. The molecular formula is C37H67NO14. The van der Waals surface area contributed by atoms with Gasteiger partial charge in [0.15, 0.2) is 12.6 Å². The van der Waals surface area contributed by atoms with E-state index in [2.05, 4.69) is 0 Å². The third-order valence-corrected chi connectivity index (χ3v) is 11.9. The number of aliphatic hydroxyl groups excluding tert-OH is 4. The number of hydrogen-bond donors (Lipinski definition) is 6. The molecule has 0 aromatic heterocycles. The monoisotopic (exact) mass is 749 g/mol. The second-order valence-electron chi connectivity index (χ2n) is 16.5. The summed E-state index contributed by atoms with van der Waals surface area (Å²) in [6.07, 6.45) is -10.8. The number of nitrogens with zero attached hydrogens (tertiary/aromatic N) is 1. The number of esters is 1. The molecule has 3 aliphatic rings. The van der Waals surface area contributed by atoms with Gasteiger partial charge in [-0.3, -0.25) is 9.59 Å². The molecule has 4 unspecified atom stereocenters. The molecule has 3 saturated heterocycles. The first-order valence-corrected chi connectivity index (χ1v) is 18.6. The minimum Gasteiger partial charge on any atom is -0.459 e. The Kier molecular flexibility index (Phi) is 15.3. The number of ketones is 1. The molecule has 3 heterocycles. The number of cyclic esters (lactones) is 1. The Balaban J connectivity index is 2.22. The first-order valence-electron chi connectivity index (χ1n) is 18.6. The molecule has 0 spiro atoms. The van der Waals surface area contributed by atoms with Crippen molar-refractivity contribution in [1.82, 2.24) is 4.90 Å². The SMILES string of the molecule is CC[C@H]1OC(=O)[C@H](CO)[C@@H](O[C@H]2C[C@@](C)(OC)[C@H](O)[C@H](C)O2)[C@H](C)[C@H](OC2OC(C)CC(N(C)C)C2O)[C@@](C)(O)C[C@H](C)C(=O)[C@H](C)[C@@H](O)[C@]1(C)O. The highest BCUT2D eigenvalue weighted by Gasteiger charge is 2.54. The topological polar surface area (TPSA) is 214 Å². The predicted molar refractivity (Wildman–Crippen MR) is 188 cm³/mol. The van der Waals surface area contributed by atoms with Crippen molar-refractivity contribution in [2.24, 2.45) is 23.7 Å². The van der Waals surface area contributed by atoms with Crippen LogP contribution in [0.4, 0.5) is 0 Å². The van der Waals surface area contributed by atoms with Crippen LogP contribution in [-0.2, 0) is 38.0 Å². The maximum Gasteiger partial charge on any atom is 0.314 e. The van der Waals surface area contributed by atoms with E-state index >= 15 is 0 Å². The Hall–Kier alpha value is -1.34. The van der Waals surface area contributed by atoms with E-state index in [0.29, 0.717) is 6.42 Å². The number of hydrogen-bond acceptors (Lipinski definition) is 15. The zero-order valence-corrected chi connectivity index (χ0v) is 33.1. The molecule has 0 bridgehead atoms. The number of ether oxygens (including phenoxy) is 6. The fraction of sp³-hybridized carbons (Fsp3) is 0.946. The van der Waals surface area contributed by atoms with Crippen LogP contribution in [0.2, 0.25) is 0 Å². The Morgan fingerprint density at radius 3 is 2.08 bits per heavy atom. The second-order valence-corrected chi connectivity index (χ2v) is 16.5. The van der Waals surface area contributed by atoms with Crippen molar-refractivity contribution in [2.45, 2.75) is 172 Å². The lowest BCUT2D eigenvalue weighted by molar-refractivity contribution is -0.319. The highest BCUT2D eigenvalue weighted by atomic mass is 16.7. The molecule has 0 amide bonds. The summed E-state index contributed by atoms with van der Waals surface area (Å²) in [5.41, 5.74) is -5.07. The Labute approximate surface area is 308 Å². The Morgan fingerprint density at radius 2 is 1.54 bits per heavy atom. The summed E-state index contributed by atoms with van der Waals surface area (Å²) in [4.78, 5) is 29.8. The van der Waals surface area contributed by atoms with Crippen molar-refractivity contribution >= 4 is 11.8 Å². The van der Waals surface area contributed by atoms with Crippen LogP contribution in [-0.4, -0.2) is 159 Å². The van der Waals surface area contributed by atoms with Crippen LogP contribution in [0.5, 0.6) is 0 Å². The van der Waals surface area contributed by atoms with E-state index in [4.69, 9.17) is 28.4 Å². The van der Waals surface area contributed by atoms with E-state index in [9.17, 15) is 40.2 Å². The van der Waals surface area contributed by atoms with Gasteiger partial charge in [0.05, 0.1) is 48.3 Å². The summed E-state index contributed by atoms with van der Waals surface area (Å²) < 4.78 is 36.8. The average molecular weight is 750 g/mol. The standard InChI is InChI=1S/C37H67NO14/c1-13-25-37(9,46)30(42)20(4)27(40)18(2)15-35(7,45)32(52-34-28(41)24(38(10)11)14-19(3)48-34)21(5)29(23(17-39)33(44)50-25)51-26-16-36(8,47-12)31(43)22(6)49-26/h18-26,28-32,34,39,41-43,45-46H,13-17H2,1-12H3/t18-,19?,20-,21-,22-,23+,24?,25+,26-,28?,29-,30+,31+,32-,34?,35-,36+,37+/m0/s1. The predicted octanol–water partition coefficient (Wildman–Crippen LogP) is 0.758. The van der Waals surface area contributed by atoms with Crippen molar-refractivity contribution in [2.75, 3.05) is 27.8 Å². The number of likely N-dealkylation sites (N-methyl/N-ethyl adjacent to an activating group) is 1. The molecule has 0 aromatic carbocycles. The quantitative estimate of drug-likeness (QED) is 0.189. The minimum atomic E-state index is -2.08. The van der Waals surface area contributed by atoms with E-state index in [1.807, 2.05) is 25.9 Å². The Bertz CT molecular complexity index is 1190. The summed E-state index contributed by atoms with van der Waals surface area (Å²) in [6.45, 7) is 13.5. The maximum absolute atomic E-state index is 14.1. The molecular weight excluding hydrogens is 682 g/mol. The zero-order valence-electron chi connectivity index (χ0n) is 33.1. The summed E-state index contributed by atoms with van der Waals surface area (Å²) in [7, 11) is 5.10. The van der Waals surface area contributed by atoms with Gasteiger partial charge in [-0.2, -0.15) is 0 Å². The minimum absolute atomic E-state index is 0.0156. The second kappa shape index (κ2) is 17.6. The zero-order chi connectivity index (χ0) is 39.7. The van der Waals surface area contributed by atoms with Crippen LogP contribution < -0.4 is 0 Å². The molecule has 6 N–H and O–H groups in total. The lowest BCUT2D eigenvalue weighted by Gasteiger charge is -2.49. The van der Waals surface area contributed by atoms with E-state index in [-0.39, 0.29) is 31.4 Å². The van der Waals surface area contributed by atoms with Crippen LogP contribution >= 0.6 is 0 Å². The van der Waals surface area contributed by atoms with Crippen molar-refractivity contribution in [3.63, 3.8) is 0 Å². The van der Waals surface area contributed by atoms with Gasteiger partial charge in [-0.15, -0.1) is 0 Å². The van der Waals surface area contributed by atoms with Gasteiger partial charge < -0.3 is 64.0 Å². The molecule has 0 radical (unpaired) electrons. The average Bonchev–Trinajstić information content (AvgIpc) is 3.07. The Morgan fingerprint density at radius 1 is 0.923 bits per heavy atom. The highest BCUT2D eigenvalue weighted by molar-refractivity contribution is 5.83. The summed E-state index contributed by atoms with van der Waals surface area (Å²) in [5, 5.41) is 68.5. The fourth-order valence-corrected chi connectivity index (χ4v) is 8.46. The number of carbonyl (C=O) groups excluding carboxylic acids is 2. The van der Waals surface area contributed by atoms with E-state index in [1.165, 1.54) is 27.9 Å². The molecule has 0 saturated carbocycles. The molecule has 15 nitrogen and oxygen atoms in total. The number of carbonyl (C=O) groups is 2. The number of methoxy groups -OCH3 is 1. The smallest absolute Gasteiger partial charge is 0.314 e. The van der Waals surface area contributed by atoms with Gasteiger partial charge in [-0.05, 0) is 68.0 Å². The number of aliphatic hydroxyl groups is 6. The van der Waals surface area contributed by atoms with Gasteiger partial charge in [0.1, 0.15) is 35.6 Å². The molecule has 0 aromatic rings. The summed E-state index contributed by atoms with van der Waals surface area (Å²) >= 11 is 0. The van der Waals surface area contributed by atoms with Gasteiger partial charge >= 0.3 is 5.97 Å². The lowest BCUT2D eigenvalue weighted by atomic mass is 9.74. The first-order chi connectivity index (χ1) is 24.0. The van der Waals surface area contributed by atoms with Crippen molar-refractivity contribution in [3.8, 4) is 0 Å².